The summed E-state index contributed by atoms with van der Waals surface area (Å²) in [4.78, 5) is 23.9. The Labute approximate surface area is 159 Å². The highest BCUT2D eigenvalue weighted by Gasteiger charge is 2.32. The summed E-state index contributed by atoms with van der Waals surface area (Å²) in [6.45, 7) is 0.749. The zero-order valence-corrected chi connectivity index (χ0v) is 15.9. The summed E-state index contributed by atoms with van der Waals surface area (Å²) in [7, 11) is 1.58. The maximum absolute atomic E-state index is 13.0. The summed E-state index contributed by atoms with van der Waals surface area (Å²) in [5, 5.41) is 11.5. The van der Waals surface area contributed by atoms with Crippen LogP contribution in [0.25, 0.3) is 0 Å². The number of hydrogen-bond donors (Lipinski definition) is 2. The molecule has 0 aromatic rings. The molecule has 0 aromatic carbocycles. The third-order valence-electron chi connectivity index (χ3n) is 6.15. The van der Waals surface area contributed by atoms with Crippen molar-refractivity contribution < 1.29 is 18.4 Å². The van der Waals surface area contributed by atoms with E-state index in [1.165, 1.54) is 5.01 Å². The van der Waals surface area contributed by atoms with Gasteiger partial charge in [-0.3, -0.25) is 9.59 Å². The van der Waals surface area contributed by atoms with E-state index in [0.717, 1.165) is 38.6 Å². The minimum Gasteiger partial charge on any atom is -0.311 e. The van der Waals surface area contributed by atoms with E-state index in [1.54, 1.807) is 7.05 Å². The first-order chi connectivity index (χ1) is 12.9. The Morgan fingerprint density at radius 3 is 2.74 bits per heavy atom. The fourth-order valence-corrected chi connectivity index (χ4v) is 4.58. The molecule has 8 heteroatoms. The molecule has 27 heavy (non-hydrogen) atoms. The number of amides is 2. The molecule has 2 N–H and O–H groups in total. The maximum Gasteiger partial charge on any atom is 0.242 e. The summed E-state index contributed by atoms with van der Waals surface area (Å²) >= 11 is 0. The molecule has 2 fully saturated rings. The number of rotatable bonds is 4. The minimum absolute atomic E-state index is 0.0524. The van der Waals surface area contributed by atoms with Crippen molar-refractivity contribution in [2.24, 2.45) is 22.9 Å². The summed E-state index contributed by atoms with van der Waals surface area (Å²) < 4.78 is 25.9. The zero-order chi connectivity index (χ0) is 19.4. The van der Waals surface area contributed by atoms with Crippen LogP contribution in [0.2, 0.25) is 0 Å². The number of amidine groups is 1. The second-order valence-electron chi connectivity index (χ2n) is 8.22. The van der Waals surface area contributed by atoms with E-state index >= 15 is 0 Å². The summed E-state index contributed by atoms with van der Waals surface area (Å²) in [6, 6.07) is -0.257. The first-order valence-corrected chi connectivity index (χ1v) is 10.1. The monoisotopic (exact) mass is 384 g/mol. The number of nitrogens with one attached hydrogen (secondary N) is 2. The van der Waals surface area contributed by atoms with Crippen molar-refractivity contribution >= 4 is 17.6 Å². The number of alkyl halides is 2. The molecule has 152 valence electrons. The van der Waals surface area contributed by atoms with Crippen LogP contribution in [0.1, 0.15) is 57.8 Å². The van der Waals surface area contributed by atoms with Gasteiger partial charge in [0.05, 0.1) is 6.04 Å². The number of nitrogens with zero attached hydrogens (tertiary/aromatic N) is 2. The molecule has 3 aliphatic rings. The van der Waals surface area contributed by atoms with Crippen LogP contribution in [0.15, 0.2) is 5.10 Å². The number of hydrazone groups is 1. The lowest BCUT2D eigenvalue weighted by Gasteiger charge is -2.34. The molecule has 2 aliphatic heterocycles. The van der Waals surface area contributed by atoms with E-state index in [9.17, 15) is 18.4 Å². The normalized spacial score (nSPS) is 32.4. The van der Waals surface area contributed by atoms with Crippen LogP contribution in [0.4, 0.5) is 8.78 Å². The molecule has 0 spiro atoms. The van der Waals surface area contributed by atoms with Crippen LogP contribution >= 0.6 is 0 Å². The third-order valence-corrected chi connectivity index (χ3v) is 6.15. The average molecular weight is 384 g/mol. The van der Waals surface area contributed by atoms with Crippen LogP contribution in [0.5, 0.6) is 0 Å². The number of halogens is 2. The second kappa shape index (κ2) is 9.08. The Balaban J connectivity index is 1.41. The van der Waals surface area contributed by atoms with Gasteiger partial charge in [-0.15, -0.1) is 0 Å². The molecule has 1 aliphatic carbocycles. The van der Waals surface area contributed by atoms with Crippen molar-refractivity contribution in [3.05, 3.63) is 0 Å². The fraction of sp³-hybridized carbons (Fsp3) is 0.842. The SMILES string of the molecule is CN1N=C(NC(=O)C2CCC(CC3CCCC(C(F)F)C3)CN2)CCC1=O. The fourth-order valence-electron chi connectivity index (χ4n) is 4.58. The quantitative estimate of drug-likeness (QED) is 0.782. The molecule has 0 aromatic heterocycles. The Bertz CT molecular complexity index is 576. The van der Waals surface area contributed by atoms with Gasteiger partial charge in [-0.25, -0.2) is 13.8 Å². The maximum atomic E-state index is 13.0. The van der Waals surface area contributed by atoms with Crippen molar-refractivity contribution in [1.82, 2.24) is 15.6 Å². The van der Waals surface area contributed by atoms with E-state index < -0.39 is 12.3 Å². The molecule has 0 radical (unpaired) electrons. The van der Waals surface area contributed by atoms with Crippen LogP contribution in [0.3, 0.4) is 0 Å². The minimum atomic E-state index is -2.19. The van der Waals surface area contributed by atoms with Crippen LogP contribution < -0.4 is 10.6 Å². The molecule has 3 rings (SSSR count). The molecule has 2 amide bonds. The predicted octanol–water partition coefficient (Wildman–Crippen LogP) is 2.50. The van der Waals surface area contributed by atoms with Gasteiger partial charge in [-0.05, 0) is 50.5 Å². The van der Waals surface area contributed by atoms with E-state index in [1.807, 2.05) is 0 Å². The van der Waals surface area contributed by atoms with Crippen molar-refractivity contribution in [2.75, 3.05) is 13.6 Å². The van der Waals surface area contributed by atoms with Gasteiger partial charge in [0.15, 0.2) is 0 Å². The first kappa shape index (κ1) is 20.2. The van der Waals surface area contributed by atoms with Crippen molar-refractivity contribution in [2.45, 2.75) is 70.3 Å². The van der Waals surface area contributed by atoms with E-state index in [4.69, 9.17) is 0 Å². The van der Waals surface area contributed by atoms with Crippen LogP contribution in [-0.4, -0.2) is 48.7 Å². The Kier molecular flexibility index (Phi) is 6.78. The van der Waals surface area contributed by atoms with Crippen LogP contribution in [0, 0.1) is 17.8 Å². The molecule has 2 heterocycles. The van der Waals surface area contributed by atoms with Gasteiger partial charge in [0, 0.05) is 25.8 Å². The second-order valence-corrected chi connectivity index (χ2v) is 8.22. The van der Waals surface area contributed by atoms with Gasteiger partial charge in [0.1, 0.15) is 5.84 Å². The molecule has 0 bridgehead atoms. The van der Waals surface area contributed by atoms with Gasteiger partial charge in [-0.2, -0.15) is 5.10 Å². The van der Waals surface area contributed by atoms with Gasteiger partial charge in [0.25, 0.3) is 0 Å². The first-order valence-electron chi connectivity index (χ1n) is 10.1. The van der Waals surface area contributed by atoms with E-state index in [0.29, 0.717) is 43.4 Å². The third kappa shape index (κ3) is 5.46. The molecule has 1 saturated heterocycles. The standard InChI is InChI=1S/C19H30F2N4O2/c1-25-17(26)8-7-16(24-25)23-19(27)15-6-5-13(11-22-15)9-12-3-2-4-14(10-12)18(20)21/h12-15,18,22H,2-11H2,1H3,(H,23,24,27). The predicted molar refractivity (Wildman–Crippen MR) is 98.2 cm³/mol. The lowest BCUT2D eigenvalue weighted by atomic mass is 9.76. The van der Waals surface area contributed by atoms with Crippen molar-refractivity contribution in [1.29, 1.82) is 0 Å². The Morgan fingerprint density at radius 2 is 2.07 bits per heavy atom. The number of carbonyl (C=O) groups excluding carboxylic acids is 2. The molecule has 6 nitrogen and oxygen atoms in total. The summed E-state index contributed by atoms with van der Waals surface area (Å²) in [5.41, 5.74) is 0. The molecule has 4 atom stereocenters. The van der Waals surface area contributed by atoms with Crippen molar-refractivity contribution in [3.8, 4) is 0 Å². The molecule has 4 unspecified atom stereocenters. The number of hydrogen-bond acceptors (Lipinski definition) is 4. The topological polar surface area (TPSA) is 73.8 Å². The smallest absolute Gasteiger partial charge is 0.242 e. The van der Waals surface area contributed by atoms with Gasteiger partial charge in [-0.1, -0.05) is 12.8 Å². The largest absolute Gasteiger partial charge is 0.311 e. The summed E-state index contributed by atoms with van der Waals surface area (Å²) in [5.74, 6) is 0.783. The Morgan fingerprint density at radius 1 is 1.26 bits per heavy atom. The van der Waals surface area contributed by atoms with Gasteiger partial charge >= 0.3 is 0 Å². The number of piperidine rings is 1. The lowest BCUT2D eigenvalue weighted by molar-refractivity contribution is -0.130. The molecular weight excluding hydrogens is 354 g/mol. The zero-order valence-electron chi connectivity index (χ0n) is 15.9. The van der Waals surface area contributed by atoms with E-state index in [-0.39, 0.29) is 17.9 Å². The molecule has 1 saturated carbocycles. The lowest BCUT2D eigenvalue weighted by Crippen LogP contribution is -2.51. The number of carbonyl (C=O) groups is 2. The highest BCUT2D eigenvalue weighted by atomic mass is 19.3. The Hall–Kier alpha value is -1.57. The van der Waals surface area contributed by atoms with Gasteiger partial charge < -0.3 is 10.6 Å². The van der Waals surface area contributed by atoms with Crippen LogP contribution in [-0.2, 0) is 9.59 Å². The van der Waals surface area contributed by atoms with Crippen molar-refractivity contribution in [3.63, 3.8) is 0 Å². The highest BCUT2D eigenvalue weighted by Crippen LogP contribution is 2.37. The average Bonchev–Trinajstić information content (AvgIpc) is 2.65. The van der Waals surface area contributed by atoms with Gasteiger partial charge in [0.2, 0.25) is 18.2 Å². The molecular formula is C19H30F2N4O2. The summed E-state index contributed by atoms with van der Waals surface area (Å²) in [6.07, 6.45) is 4.53. The van der Waals surface area contributed by atoms with E-state index in [2.05, 4.69) is 15.7 Å². The highest BCUT2D eigenvalue weighted by molar-refractivity contribution is 6.02.